The first-order chi connectivity index (χ1) is 6.66. The van der Waals surface area contributed by atoms with Gasteiger partial charge < -0.3 is 15.7 Å². The van der Waals surface area contributed by atoms with Gasteiger partial charge in [-0.25, -0.2) is 4.79 Å². The van der Waals surface area contributed by atoms with Crippen molar-refractivity contribution < 1.29 is 9.90 Å². The van der Waals surface area contributed by atoms with E-state index >= 15 is 0 Å². The summed E-state index contributed by atoms with van der Waals surface area (Å²) in [6.45, 7) is 3.17. The molecule has 0 unspecified atom stereocenters. The van der Waals surface area contributed by atoms with Crippen LogP contribution in [0.15, 0.2) is 0 Å². The highest BCUT2D eigenvalue weighted by Crippen LogP contribution is 2.30. The first-order valence-corrected chi connectivity index (χ1v) is 5.40. The lowest BCUT2D eigenvalue weighted by molar-refractivity contribution is -0.0290. The first kappa shape index (κ1) is 11.3. The molecule has 3 N–H and O–H groups in total. The number of carbonyl (C=O) groups is 1. The van der Waals surface area contributed by atoms with Crippen LogP contribution >= 0.6 is 0 Å². The van der Waals surface area contributed by atoms with Crippen LogP contribution in [0.5, 0.6) is 0 Å². The van der Waals surface area contributed by atoms with Gasteiger partial charge in [0.15, 0.2) is 0 Å². The van der Waals surface area contributed by atoms with E-state index in [9.17, 15) is 9.90 Å². The van der Waals surface area contributed by atoms with Crippen LogP contribution < -0.4 is 10.6 Å². The van der Waals surface area contributed by atoms with Gasteiger partial charge in [0.1, 0.15) is 0 Å². The Kier molecular flexibility index (Phi) is 4.20. The van der Waals surface area contributed by atoms with Crippen LogP contribution in [0, 0.1) is 0 Å². The van der Waals surface area contributed by atoms with Gasteiger partial charge in [-0.15, -0.1) is 0 Å². The SMILES string of the molecule is CCCCNC(=O)NCC1(O)CCC1. The maximum atomic E-state index is 11.2. The largest absolute Gasteiger partial charge is 0.388 e. The molecular formula is C10H20N2O2. The summed E-state index contributed by atoms with van der Waals surface area (Å²) in [4.78, 5) is 11.2. The van der Waals surface area contributed by atoms with Crippen LogP contribution in [0.25, 0.3) is 0 Å². The van der Waals surface area contributed by atoms with Gasteiger partial charge >= 0.3 is 6.03 Å². The van der Waals surface area contributed by atoms with E-state index in [0.717, 1.165) is 32.1 Å². The lowest BCUT2D eigenvalue weighted by atomic mass is 9.80. The van der Waals surface area contributed by atoms with Crippen molar-refractivity contribution in [3.8, 4) is 0 Å². The summed E-state index contributed by atoms with van der Waals surface area (Å²) in [6.07, 6.45) is 4.75. The Morgan fingerprint density at radius 3 is 2.64 bits per heavy atom. The third kappa shape index (κ3) is 3.54. The molecule has 0 aromatic carbocycles. The molecule has 0 radical (unpaired) electrons. The summed E-state index contributed by atoms with van der Waals surface area (Å²) in [7, 11) is 0. The highest BCUT2D eigenvalue weighted by atomic mass is 16.3. The van der Waals surface area contributed by atoms with Crippen molar-refractivity contribution in [2.75, 3.05) is 13.1 Å². The Balaban J connectivity index is 2.03. The number of hydrogen-bond acceptors (Lipinski definition) is 2. The second kappa shape index (κ2) is 5.20. The van der Waals surface area contributed by atoms with E-state index in [1.165, 1.54) is 0 Å². The van der Waals surface area contributed by atoms with Crippen LogP contribution in [0.4, 0.5) is 4.79 Å². The van der Waals surface area contributed by atoms with E-state index < -0.39 is 5.60 Å². The molecule has 82 valence electrons. The standard InChI is InChI=1S/C10H20N2O2/c1-2-3-7-11-9(13)12-8-10(14)5-4-6-10/h14H,2-8H2,1H3,(H2,11,12,13). The molecule has 0 atom stereocenters. The van der Waals surface area contributed by atoms with Crippen molar-refractivity contribution in [2.45, 2.75) is 44.6 Å². The second-order valence-electron chi connectivity index (χ2n) is 4.04. The average Bonchev–Trinajstić information content (AvgIpc) is 2.12. The van der Waals surface area contributed by atoms with Gasteiger partial charge in [-0.05, 0) is 25.7 Å². The molecule has 1 saturated carbocycles. The van der Waals surface area contributed by atoms with Crippen LogP contribution in [-0.2, 0) is 0 Å². The molecule has 1 rings (SSSR count). The van der Waals surface area contributed by atoms with Crippen molar-refractivity contribution in [1.82, 2.24) is 10.6 Å². The fraction of sp³-hybridized carbons (Fsp3) is 0.900. The van der Waals surface area contributed by atoms with Crippen molar-refractivity contribution in [2.24, 2.45) is 0 Å². The number of unbranched alkanes of at least 4 members (excludes halogenated alkanes) is 1. The summed E-state index contributed by atoms with van der Waals surface area (Å²) in [5.74, 6) is 0. The highest BCUT2D eigenvalue weighted by molar-refractivity contribution is 5.73. The van der Waals surface area contributed by atoms with Crippen molar-refractivity contribution >= 4 is 6.03 Å². The molecule has 0 heterocycles. The molecule has 14 heavy (non-hydrogen) atoms. The lowest BCUT2D eigenvalue weighted by Gasteiger charge is -2.36. The van der Waals surface area contributed by atoms with Crippen molar-refractivity contribution in [3.63, 3.8) is 0 Å². The Bertz CT molecular complexity index is 191. The number of hydrogen-bond donors (Lipinski definition) is 3. The van der Waals surface area contributed by atoms with Gasteiger partial charge in [-0.1, -0.05) is 13.3 Å². The van der Waals surface area contributed by atoms with Crippen molar-refractivity contribution in [1.29, 1.82) is 0 Å². The van der Waals surface area contributed by atoms with Gasteiger partial charge in [0.05, 0.1) is 5.60 Å². The number of carbonyl (C=O) groups excluding carboxylic acids is 1. The van der Waals surface area contributed by atoms with Crippen LogP contribution in [-0.4, -0.2) is 29.8 Å². The molecule has 2 amide bonds. The van der Waals surface area contributed by atoms with E-state index in [-0.39, 0.29) is 6.03 Å². The zero-order valence-corrected chi connectivity index (χ0v) is 8.81. The molecule has 1 fully saturated rings. The average molecular weight is 200 g/mol. The molecule has 0 saturated heterocycles. The Labute approximate surface area is 85.1 Å². The van der Waals surface area contributed by atoms with E-state index in [2.05, 4.69) is 17.6 Å². The maximum absolute atomic E-state index is 11.2. The molecule has 0 aliphatic heterocycles. The molecule has 0 bridgehead atoms. The second-order valence-corrected chi connectivity index (χ2v) is 4.04. The van der Waals surface area contributed by atoms with Gasteiger partial charge in [0.2, 0.25) is 0 Å². The predicted octanol–water partition coefficient (Wildman–Crippen LogP) is 1.00. The normalized spacial score (nSPS) is 18.4. The Morgan fingerprint density at radius 1 is 1.43 bits per heavy atom. The van der Waals surface area contributed by atoms with Gasteiger partial charge in [0, 0.05) is 13.1 Å². The number of rotatable bonds is 5. The summed E-state index contributed by atoms with van der Waals surface area (Å²) < 4.78 is 0. The summed E-state index contributed by atoms with van der Waals surface area (Å²) in [5, 5.41) is 15.1. The van der Waals surface area contributed by atoms with Crippen molar-refractivity contribution in [3.05, 3.63) is 0 Å². The van der Waals surface area contributed by atoms with Gasteiger partial charge in [-0.2, -0.15) is 0 Å². The first-order valence-electron chi connectivity index (χ1n) is 5.40. The lowest BCUT2D eigenvalue weighted by Crippen LogP contribution is -2.50. The molecule has 4 heteroatoms. The molecule has 4 nitrogen and oxygen atoms in total. The zero-order valence-electron chi connectivity index (χ0n) is 8.81. The minimum atomic E-state index is -0.623. The molecular weight excluding hydrogens is 180 g/mol. The van der Waals surface area contributed by atoms with Crippen LogP contribution in [0.1, 0.15) is 39.0 Å². The van der Waals surface area contributed by atoms with Gasteiger partial charge in [0.25, 0.3) is 0 Å². The number of nitrogens with one attached hydrogen (secondary N) is 2. The van der Waals surface area contributed by atoms with E-state index in [4.69, 9.17) is 0 Å². The molecule has 0 aromatic rings. The maximum Gasteiger partial charge on any atom is 0.314 e. The quantitative estimate of drug-likeness (QED) is 0.580. The third-order valence-corrected chi connectivity index (χ3v) is 2.68. The predicted molar refractivity (Wildman–Crippen MR) is 55.1 cm³/mol. The minimum Gasteiger partial charge on any atom is -0.388 e. The monoisotopic (exact) mass is 200 g/mol. The number of amides is 2. The topological polar surface area (TPSA) is 61.4 Å². The fourth-order valence-electron chi connectivity index (χ4n) is 1.45. The van der Waals surface area contributed by atoms with Crippen LogP contribution in [0.3, 0.4) is 0 Å². The summed E-state index contributed by atoms with van der Waals surface area (Å²) in [6, 6.07) is -0.168. The Morgan fingerprint density at radius 2 is 2.14 bits per heavy atom. The number of aliphatic hydroxyl groups is 1. The smallest absolute Gasteiger partial charge is 0.314 e. The third-order valence-electron chi connectivity index (χ3n) is 2.68. The van der Waals surface area contributed by atoms with Crippen LogP contribution in [0.2, 0.25) is 0 Å². The Hall–Kier alpha value is -0.770. The van der Waals surface area contributed by atoms with E-state index in [0.29, 0.717) is 13.1 Å². The fourth-order valence-corrected chi connectivity index (χ4v) is 1.45. The molecule has 1 aliphatic rings. The highest BCUT2D eigenvalue weighted by Gasteiger charge is 2.34. The minimum absolute atomic E-state index is 0.168. The molecule has 0 spiro atoms. The summed E-state index contributed by atoms with van der Waals surface area (Å²) >= 11 is 0. The number of urea groups is 1. The molecule has 1 aliphatic carbocycles. The summed E-state index contributed by atoms with van der Waals surface area (Å²) in [5.41, 5.74) is -0.623. The van der Waals surface area contributed by atoms with Gasteiger partial charge in [-0.3, -0.25) is 0 Å². The van der Waals surface area contributed by atoms with E-state index in [1.54, 1.807) is 0 Å². The zero-order chi connectivity index (χ0) is 10.4. The molecule has 0 aromatic heterocycles. The van der Waals surface area contributed by atoms with E-state index in [1.807, 2.05) is 0 Å².